The first-order chi connectivity index (χ1) is 17.3. The fourth-order valence-electron chi connectivity index (χ4n) is 3.48. The summed E-state index contributed by atoms with van der Waals surface area (Å²) in [4.78, 5) is 25.5. The molecule has 36 heavy (non-hydrogen) atoms. The summed E-state index contributed by atoms with van der Waals surface area (Å²) < 4.78 is 34.8. The van der Waals surface area contributed by atoms with Crippen molar-refractivity contribution in [1.29, 1.82) is 0 Å². The van der Waals surface area contributed by atoms with E-state index in [1.165, 1.54) is 12.1 Å². The molecular formula is C27H30N2O6S. The smallest absolute Gasteiger partial charge is 0.408 e. The van der Waals surface area contributed by atoms with Crippen LogP contribution in [0.2, 0.25) is 0 Å². The Kier molecular flexibility index (Phi) is 9.88. The lowest BCUT2D eigenvalue weighted by atomic mass is 10.0. The van der Waals surface area contributed by atoms with Crippen molar-refractivity contribution in [3.05, 3.63) is 90.0 Å². The Morgan fingerprint density at radius 2 is 1.44 bits per heavy atom. The number of anilines is 1. The molecule has 3 aromatic rings. The SMILES string of the molecule is CC(C)C[C@H](NC(=O)OCc1ccccc1)C(=O)Nc1cccc([SH](=O)=O)c1OCc1ccccc1. The van der Waals surface area contributed by atoms with Gasteiger partial charge in [-0.1, -0.05) is 80.6 Å². The number of thiol groups is 1. The van der Waals surface area contributed by atoms with E-state index in [0.717, 1.165) is 11.1 Å². The van der Waals surface area contributed by atoms with Gasteiger partial charge in [0.25, 0.3) is 0 Å². The van der Waals surface area contributed by atoms with Crippen molar-refractivity contribution < 1.29 is 27.5 Å². The summed E-state index contributed by atoms with van der Waals surface area (Å²) >= 11 is 0. The van der Waals surface area contributed by atoms with Crippen LogP contribution in [0.3, 0.4) is 0 Å². The molecule has 0 aliphatic rings. The molecule has 190 valence electrons. The molecule has 0 saturated heterocycles. The topological polar surface area (TPSA) is 111 Å². The monoisotopic (exact) mass is 510 g/mol. The molecule has 9 heteroatoms. The van der Waals surface area contributed by atoms with Gasteiger partial charge in [-0.3, -0.25) is 4.79 Å². The third-order valence-electron chi connectivity index (χ3n) is 5.20. The Morgan fingerprint density at radius 3 is 2.03 bits per heavy atom. The molecule has 0 bridgehead atoms. The quantitative estimate of drug-likeness (QED) is 0.327. The van der Waals surface area contributed by atoms with Crippen molar-refractivity contribution >= 4 is 28.4 Å². The average Bonchev–Trinajstić information content (AvgIpc) is 2.87. The van der Waals surface area contributed by atoms with Gasteiger partial charge in [-0.25, -0.2) is 13.2 Å². The van der Waals surface area contributed by atoms with Crippen LogP contribution in [-0.4, -0.2) is 26.5 Å². The first-order valence-electron chi connectivity index (χ1n) is 11.6. The summed E-state index contributed by atoms with van der Waals surface area (Å²) in [7, 11) is -2.97. The Bertz CT molecular complexity index is 1220. The van der Waals surface area contributed by atoms with E-state index < -0.39 is 28.7 Å². The Labute approximate surface area is 212 Å². The van der Waals surface area contributed by atoms with Gasteiger partial charge in [0.05, 0.1) is 5.69 Å². The molecule has 3 aromatic carbocycles. The summed E-state index contributed by atoms with van der Waals surface area (Å²) in [6, 6.07) is 22.0. The minimum absolute atomic E-state index is 0.0424. The van der Waals surface area contributed by atoms with E-state index in [1.54, 1.807) is 6.07 Å². The number of hydrogen-bond acceptors (Lipinski definition) is 6. The van der Waals surface area contributed by atoms with Gasteiger partial charge in [0.15, 0.2) is 16.5 Å². The lowest BCUT2D eigenvalue weighted by molar-refractivity contribution is -0.118. The number of para-hydroxylation sites is 1. The van der Waals surface area contributed by atoms with Gasteiger partial charge < -0.3 is 20.1 Å². The van der Waals surface area contributed by atoms with E-state index >= 15 is 0 Å². The van der Waals surface area contributed by atoms with Crippen LogP contribution in [-0.2, 0) is 33.4 Å². The number of amides is 2. The molecule has 2 N–H and O–H groups in total. The van der Waals surface area contributed by atoms with Gasteiger partial charge in [0, 0.05) is 0 Å². The number of benzene rings is 3. The van der Waals surface area contributed by atoms with Gasteiger partial charge in [0.2, 0.25) is 5.91 Å². The fraction of sp³-hybridized carbons (Fsp3) is 0.259. The molecule has 2 amide bonds. The van der Waals surface area contributed by atoms with Crippen molar-refractivity contribution in [3.8, 4) is 5.75 Å². The zero-order valence-corrected chi connectivity index (χ0v) is 21.1. The highest BCUT2D eigenvalue weighted by atomic mass is 32.2. The Hall–Kier alpha value is -3.85. The van der Waals surface area contributed by atoms with Gasteiger partial charge >= 0.3 is 6.09 Å². The van der Waals surface area contributed by atoms with E-state index in [0.29, 0.717) is 6.42 Å². The maximum Gasteiger partial charge on any atom is 0.408 e. The minimum Gasteiger partial charge on any atom is -0.485 e. The average molecular weight is 511 g/mol. The summed E-state index contributed by atoms with van der Waals surface area (Å²) in [6.07, 6.45) is -0.376. The molecule has 8 nitrogen and oxygen atoms in total. The number of hydrogen-bond donors (Lipinski definition) is 3. The summed E-state index contributed by atoms with van der Waals surface area (Å²) in [5.41, 5.74) is 1.85. The highest BCUT2D eigenvalue weighted by molar-refractivity contribution is 7.72. The number of alkyl carbamates (subject to hydrolysis) is 1. The second-order valence-electron chi connectivity index (χ2n) is 8.56. The minimum atomic E-state index is -2.97. The summed E-state index contributed by atoms with van der Waals surface area (Å²) in [6.45, 7) is 4.03. The highest BCUT2D eigenvalue weighted by Gasteiger charge is 2.24. The number of nitrogens with one attached hydrogen (secondary N) is 2. The molecule has 0 aliphatic carbocycles. The normalized spacial score (nSPS) is 11.7. The lowest BCUT2D eigenvalue weighted by Crippen LogP contribution is -2.44. The number of rotatable bonds is 11. The molecule has 0 aromatic heterocycles. The maximum absolute atomic E-state index is 13.2. The predicted molar refractivity (Wildman–Crippen MR) is 137 cm³/mol. The van der Waals surface area contributed by atoms with Crippen molar-refractivity contribution in [3.63, 3.8) is 0 Å². The van der Waals surface area contributed by atoms with Crippen LogP contribution < -0.4 is 15.4 Å². The zero-order valence-electron chi connectivity index (χ0n) is 20.2. The lowest BCUT2D eigenvalue weighted by Gasteiger charge is -2.21. The first-order valence-corrected chi connectivity index (χ1v) is 12.7. The van der Waals surface area contributed by atoms with E-state index in [-0.39, 0.29) is 35.5 Å². The van der Waals surface area contributed by atoms with E-state index in [1.807, 2.05) is 74.5 Å². The molecule has 0 saturated carbocycles. The van der Waals surface area contributed by atoms with Gasteiger partial charge in [0.1, 0.15) is 24.2 Å². The first kappa shape index (κ1) is 26.7. The highest BCUT2D eigenvalue weighted by Crippen LogP contribution is 2.31. The fourth-order valence-corrected chi connectivity index (χ4v) is 4.04. The molecule has 0 fully saturated rings. The summed E-state index contributed by atoms with van der Waals surface area (Å²) in [5.74, 6) is -0.379. The van der Waals surface area contributed by atoms with Crippen LogP contribution in [0.25, 0.3) is 0 Å². The predicted octanol–water partition coefficient (Wildman–Crippen LogP) is 4.52. The molecule has 1 atom stereocenters. The number of ether oxygens (including phenoxy) is 2. The zero-order chi connectivity index (χ0) is 25.9. The van der Waals surface area contributed by atoms with Crippen molar-refractivity contribution in [2.45, 2.75) is 44.4 Å². The molecule has 3 rings (SSSR count). The third kappa shape index (κ3) is 8.13. The second-order valence-corrected chi connectivity index (χ2v) is 9.56. The molecule has 0 spiro atoms. The number of carbonyl (C=O) groups excluding carboxylic acids is 2. The largest absolute Gasteiger partial charge is 0.485 e. The Balaban J connectivity index is 1.74. The molecule has 0 radical (unpaired) electrons. The van der Waals surface area contributed by atoms with Crippen LogP contribution >= 0.6 is 0 Å². The molecule has 0 heterocycles. The van der Waals surface area contributed by atoms with E-state index in [4.69, 9.17) is 9.47 Å². The van der Waals surface area contributed by atoms with E-state index in [2.05, 4.69) is 10.6 Å². The number of carbonyl (C=O) groups is 2. The van der Waals surface area contributed by atoms with Crippen LogP contribution in [0.5, 0.6) is 5.75 Å². The van der Waals surface area contributed by atoms with Crippen molar-refractivity contribution in [1.82, 2.24) is 5.32 Å². The molecule has 0 unspecified atom stereocenters. The van der Waals surface area contributed by atoms with Crippen molar-refractivity contribution in [2.24, 2.45) is 5.92 Å². The van der Waals surface area contributed by atoms with Crippen LogP contribution in [0.1, 0.15) is 31.4 Å². The van der Waals surface area contributed by atoms with Gasteiger partial charge in [-0.05, 0) is 35.6 Å². The molecular weight excluding hydrogens is 480 g/mol. The van der Waals surface area contributed by atoms with Crippen LogP contribution in [0.4, 0.5) is 10.5 Å². The Morgan fingerprint density at radius 1 is 0.833 bits per heavy atom. The maximum atomic E-state index is 13.2. The van der Waals surface area contributed by atoms with E-state index in [9.17, 15) is 18.0 Å². The molecule has 0 aliphatic heterocycles. The second kappa shape index (κ2) is 13.3. The standard InChI is InChI=1S/C27H30N2O6S/c1-19(2)16-23(29-27(31)35-18-21-12-7-4-8-13-21)26(30)28-22-14-9-15-24(36(32)33)25(22)34-17-20-10-5-3-6-11-20/h3-15,19,23,36H,16-18H2,1-2H3,(H,28,30)(H,29,31)/t23-/m0/s1. The summed E-state index contributed by atoms with van der Waals surface area (Å²) in [5, 5.41) is 5.34. The third-order valence-corrected chi connectivity index (χ3v) is 5.95. The van der Waals surface area contributed by atoms with Crippen LogP contribution in [0.15, 0.2) is 83.8 Å². The van der Waals surface area contributed by atoms with Gasteiger partial charge in [-0.15, -0.1) is 0 Å². The van der Waals surface area contributed by atoms with Crippen LogP contribution in [0, 0.1) is 5.92 Å². The van der Waals surface area contributed by atoms with Crippen molar-refractivity contribution in [2.75, 3.05) is 5.32 Å². The van der Waals surface area contributed by atoms with Gasteiger partial charge in [-0.2, -0.15) is 0 Å².